The van der Waals surface area contributed by atoms with E-state index in [9.17, 15) is 5.11 Å². The van der Waals surface area contributed by atoms with Crippen LogP contribution in [0.3, 0.4) is 0 Å². The third-order valence-corrected chi connectivity index (χ3v) is 3.51. The van der Waals surface area contributed by atoms with Gasteiger partial charge in [-0.1, -0.05) is 49.6 Å². The highest BCUT2D eigenvalue weighted by atomic mass is 16.3. The molecule has 0 aromatic heterocycles. The van der Waals surface area contributed by atoms with Crippen LogP contribution < -0.4 is 0 Å². The molecule has 0 unspecified atom stereocenters. The highest BCUT2D eigenvalue weighted by molar-refractivity contribution is 5.15. The molecule has 0 heterocycles. The summed E-state index contributed by atoms with van der Waals surface area (Å²) in [6.45, 7) is 0. The van der Waals surface area contributed by atoms with Crippen LogP contribution in [0.5, 0.6) is 0 Å². The lowest BCUT2D eigenvalue weighted by molar-refractivity contribution is -0.00341. The van der Waals surface area contributed by atoms with Crippen LogP contribution in [0, 0.1) is 0 Å². The van der Waals surface area contributed by atoms with Gasteiger partial charge in [0.2, 0.25) is 0 Å². The molecule has 1 aromatic rings. The zero-order chi connectivity index (χ0) is 10.6. The van der Waals surface area contributed by atoms with E-state index in [0.717, 1.165) is 25.7 Å². The van der Waals surface area contributed by atoms with E-state index in [0.29, 0.717) is 0 Å². The quantitative estimate of drug-likeness (QED) is 0.800. The Kier molecular flexibility index (Phi) is 3.42. The maximum absolute atomic E-state index is 10.3. The Labute approximate surface area is 92.1 Å². The summed E-state index contributed by atoms with van der Waals surface area (Å²) in [4.78, 5) is 0. The van der Waals surface area contributed by atoms with Gasteiger partial charge in [-0.2, -0.15) is 0 Å². The monoisotopic (exact) mass is 204 g/mol. The number of benzene rings is 1. The van der Waals surface area contributed by atoms with E-state index < -0.39 is 0 Å². The number of aliphatic hydroxyl groups is 1. The molecule has 15 heavy (non-hydrogen) atoms. The van der Waals surface area contributed by atoms with Gasteiger partial charge in [-0.15, -0.1) is 0 Å². The maximum Gasteiger partial charge on any atom is 0.0651 e. The SMILES string of the molecule is OC1(CCc2ccccc2)CCCCC1. The van der Waals surface area contributed by atoms with Crippen LogP contribution in [0.15, 0.2) is 30.3 Å². The fourth-order valence-electron chi connectivity index (χ4n) is 2.48. The highest BCUT2D eigenvalue weighted by Gasteiger charge is 2.28. The Hall–Kier alpha value is -0.820. The summed E-state index contributed by atoms with van der Waals surface area (Å²) in [5, 5.41) is 10.3. The molecule has 0 bridgehead atoms. The van der Waals surface area contributed by atoms with Gasteiger partial charge < -0.3 is 5.11 Å². The molecule has 0 atom stereocenters. The number of aryl methyl sites for hydroxylation is 1. The molecule has 0 spiro atoms. The second-order valence-electron chi connectivity index (χ2n) is 4.77. The second-order valence-corrected chi connectivity index (χ2v) is 4.77. The third-order valence-electron chi connectivity index (χ3n) is 3.51. The average molecular weight is 204 g/mol. The van der Waals surface area contributed by atoms with Crippen molar-refractivity contribution >= 4 is 0 Å². The van der Waals surface area contributed by atoms with E-state index in [4.69, 9.17) is 0 Å². The molecule has 0 amide bonds. The van der Waals surface area contributed by atoms with Crippen molar-refractivity contribution in [3.63, 3.8) is 0 Å². The van der Waals surface area contributed by atoms with Crippen molar-refractivity contribution < 1.29 is 5.11 Å². The molecule has 0 radical (unpaired) electrons. The third kappa shape index (κ3) is 3.07. The van der Waals surface area contributed by atoms with Crippen LogP contribution in [0.25, 0.3) is 0 Å². The van der Waals surface area contributed by atoms with E-state index >= 15 is 0 Å². The van der Waals surface area contributed by atoms with Gasteiger partial charge in [-0.05, 0) is 31.2 Å². The molecular weight excluding hydrogens is 184 g/mol. The average Bonchev–Trinajstić information content (AvgIpc) is 2.29. The van der Waals surface area contributed by atoms with Crippen molar-refractivity contribution in [3.05, 3.63) is 35.9 Å². The minimum atomic E-state index is -0.367. The number of hydrogen-bond acceptors (Lipinski definition) is 1. The Balaban J connectivity index is 1.87. The van der Waals surface area contributed by atoms with Crippen LogP contribution in [0.2, 0.25) is 0 Å². The van der Waals surface area contributed by atoms with Gasteiger partial charge in [0.05, 0.1) is 5.60 Å². The predicted octanol–water partition coefficient (Wildman–Crippen LogP) is 3.31. The number of rotatable bonds is 3. The topological polar surface area (TPSA) is 20.2 Å². The van der Waals surface area contributed by atoms with Crippen molar-refractivity contribution in [2.45, 2.75) is 50.5 Å². The molecule has 1 aliphatic rings. The van der Waals surface area contributed by atoms with Gasteiger partial charge in [-0.25, -0.2) is 0 Å². The van der Waals surface area contributed by atoms with Gasteiger partial charge in [-0.3, -0.25) is 0 Å². The molecule has 0 aliphatic heterocycles. The Bertz CT molecular complexity index is 285. The number of hydrogen-bond donors (Lipinski definition) is 1. The van der Waals surface area contributed by atoms with Gasteiger partial charge in [0.25, 0.3) is 0 Å². The van der Waals surface area contributed by atoms with Crippen LogP contribution in [0.4, 0.5) is 0 Å². The summed E-state index contributed by atoms with van der Waals surface area (Å²) >= 11 is 0. The summed E-state index contributed by atoms with van der Waals surface area (Å²) in [5.41, 5.74) is 0.977. The molecule has 1 nitrogen and oxygen atoms in total. The normalized spacial score (nSPS) is 20.1. The fourth-order valence-corrected chi connectivity index (χ4v) is 2.48. The predicted molar refractivity (Wildman–Crippen MR) is 62.8 cm³/mol. The van der Waals surface area contributed by atoms with E-state index in [1.807, 2.05) is 6.07 Å². The van der Waals surface area contributed by atoms with E-state index in [-0.39, 0.29) is 5.60 Å². The first-order valence-electron chi connectivity index (χ1n) is 6.05. The Morgan fingerprint density at radius 2 is 1.67 bits per heavy atom. The first-order valence-corrected chi connectivity index (χ1v) is 6.05. The maximum atomic E-state index is 10.3. The summed E-state index contributed by atoms with van der Waals surface area (Å²) < 4.78 is 0. The standard InChI is InChI=1S/C14H20O/c15-14(10-5-2-6-11-14)12-9-13-7-3-1-4-8-13/h1,3-4,7-8,15H,2,5-6,9-12H2. The van der Waals surface area contributed by atoms with Crippen molar-refractivity contribution in [1.29, 1.82) is 0 Å². The molecule has 1 saturated carbocycles. The molecule has 1 aliphatic carbocycles. The zero-order valence-corrected chi connectivity index (χ0v) is 9.28. The lowest BCUT2D eigenvalue weighted by Gasteiger charge is -2.32. The lowest BCUT2D eigenvalue weighted by Crippen LogP contribution is -2.31. The van der Waals surface area contributed by atoms with Crippen molar-refractivity contribution in [1.82, 2.24) is 0 Å². The molecule has 1 N–H and O–H groups in total. The Morgan fingerprint density at radius 1 is 1.00 bits per heavy atom. The van der Waals surface area contributed by atoms with Crippen LogP contribution in [0.1, 0.15) is 44.1 Å². The second kappa shape index (κ2) is 4.80. The first-order chi connectivity index (χ1) is 7.29. The minimum absolute atomic E-state index is 0.367. The molecule has 0 saturated heterocycles. The molecule has 1 aromatic carbocycles. The van der Waals surface area contributed by atoms with Crippen LogP contribution in [-0.4, -0.2) is 10.7 Å². The summed E-state index contributed by atoms with van der Waals surface area (Å²) in [6.07, 6.45) is 7.64. The molecule has 1 heteroatoms. The zero-order valence-electron chi connectivity index (χ0n) is 9.28. The van der Waals surface area contributed by atoms with Gasteiger partial charge in [0, 0.05) is 0 Å². The van der Waals surface area contributed by atoms with E-state index in [1.165, 1.54) is 24.8 Å². The molecule has 1 fully saturated rings. The summed E-state index contributed by atoms with van der Waals surface area (Å²) in [5.74, 6) is 0. The summed E-state index contributed by atoms with van der Waals surface area (Å²) in [6, 6.07) is 10.5. The smallest absolute Gasteiger partial charge is 0.0651 e. The van der Waals surface area contributed by atoms with E-state index in [1.54, 1.807) is 0 Å². The summed E-state index contributed by atoms with van der Waals surface area (Å²) in [7, 11) is 0. The highest BCUT2D eigenvalue weighted by Crippen LogP contribution is 2.31. The first kappa shape index (κ1) is 10.7. The Morgan fingerprint density at radius 3 is 2.33 bits per heavy atom. The van der Waals surface area contributed by atoms with Crippen LogP contribution >= 0.6 is 0 Å². The van der Waals surface area contributed by atoms with Gasteiger partial charge >= 0.3 is 0 Å². The molecule has 82 valence electrons. The lowest BCUT2D eigenvalue weighted by atomic mass is 9.81. The van der Waals surface area contributed by atoms with Crippen molar-refractivity contribution in [3.8, 4) is 0 Å². The van der Waals surface area contributed by atoms with E-state index in [2.05, 4.69) is 24.3 Å². The molecular formula is C14H20O. The van der Waals surface area contributed by atoms with Gasteiger partial charge in [0.1, 0.15) is 0 Å². The largest absolute Gasteiger partial charge is 0.390 e. The van der Waals surface area contributed by atoms with Crippen molar-refractivity contribution in [2.75, 3.05) is 0 Å². The minimum Gasteiger partial charge on any atom is -0.390 e. The van der Waals surface area contributed by atoms with Crippen molar-refractivity contribution in [2.24, 2.45) is 0 Å². The van der Waals surface area contributed by atoms with Gasteiger partial charge in [0.15, 0.2) is 0 Å². The fraction of sp³-hybridized carbons (Fsp3) is 0.571. The molecule has 2 rings (SSSR count). The van der Waals surface area contributed by atoms with Crippen LogP contribution in [-0.2, 0) is 6.42 Å².